The van der Waals surface area contributed by atoms with Crippen molar-refractivity contribution in [3.63, 3.8) is 0 Å². The molecular formula is C34H39N5O6Si. The van der Waals surface area contributed by atoms with Crippen LogP contribution in [-0.2, 0) is 21.7 Å². The molecule has 2 aliphatic rings. The summed E-state index contributed by atoms with van der Waals surface area (Å²) >= 11 is 0. The number of aliphatic hydroxyl groups excluding tert-OH is 1. The van der Waals surface area contributed by atoms with Crippen LogP contribution in [0, 0.1) is 5.92 Å². The molecule has 240 valence electrons. The molecule has 0 radical (unpaired) electrons. The molecule has 3 aromatic carbocycles. The van der Waals surface area contributed by atoms with Gasteiger partial charge in [0.25, 0.3) is 11.8 Å². The van der Waals surface area contributed by atoms with E-state index in [0.717, 1.165) is 5.56 Å². The lowest BCUT2D eigenvalue weighted by Crippen LogP contribution is -2.43. The minimum absolute atomic E-state index is 0.0993. The molecule has 0 bridgehead atoms. The number of nitrogens with zero attached hydrogens (tertiary/aromatic N) is 3. The number of hydrogen-bond donors (Lipinski definition) is 4. The van der Waals surface area contributed by atoms with Gasteiger partial charge in [0.2, 0.25) is 0 Å². The average molecular weight is 642 g/mol. The lowest BCUT2D eigenvalue weighted by atomic mass is 9.82. The molecule has 0 saturated carbocycles. The van der Waals surface area contributed by atoms with E-state index in [9.17, 15) is 19.5 Å². The maximum atomic E-state index is 13.8. The maximum Gasteiger partial charge on any atom is 0.261 e. The first-order valence-electron chi connectivity index (χ1n) is 15.4. The summed E-state index contributed by atoms with van der Waals surface area (Å²) in [5.74, 6) is -0.567. The molecule has 2 aliphatic heterocycles. The number of carbonyl (C=O) groups is 2. The van der Waals surface area contributed by atoms with Crippen LogP contribution in [0.2, 0.25) is 18.6 Å². The van der Waals surface area contributed by atoms with Crippen molar-refractivity contribution in [2.45, 2.75) is 56.1 Å². The van der Waals surface area contributed by atoms with Crippen LogP contribution in [0.3, 0.4) is 0 Å². The third kappa shape index (κ3) is 5.73. The van der Waals surface area contributed by atoms with Crippen LogP contribution >= 0.6 is 0 Å². The lowest BCUT2D eigenvalue weighted by molar-refractivity contribution is -0.143. The second kappa shape index (κ2) is 12.4. The summed E-state index contributed by atoms with van der Waals surface area (Å²) in [7, 11) is -1.28. The first kappa shape index (κ1) is 31.6. The molecule has 1 saturated heterocycles. The summed E-state index contributed by atoms with van der Waals surface area (Å²) in [5, 5.41) is 24.6. The first-order chi connectivity index (χ1) is 22.0. The number of methoxy groups -OCH3 is 1. The smallest absolute Gasteiger partial charge is 0.261 e. The topological polar surface area (TPSA) is 148 Å². The van der Waals surface area contributed by atoms with Gasteiger partial charge >= 0.3 is 0 Å². The number of rotatable bonds is 10. The van der Waals surface area contributed by atoms with E-state index in [4.69, 9.17) is 9.47 Å². The predicted octanol–water partition coefficient (Wildman–Crippen LogP) is 4.50. The SMILES string of the molecule is COc1ccc(C(=O)Nc2ccc3c(c2)[C@]2(O[C@@H](CCn4cc(C(CO)c5ccccc5)nn4)[C@H]([Si](C)(C)O)[C@H]2C)C(=O)N3)cc1. The molecule has 1 fully saturated rings. The Morgan fingerprint density at radius 1 is 1.15 bits per heavy atom. The van der Waals surface area contributed by atoms with E-state index in [2.05, 4.69) is 20.9 Å². The number of hydrogen-bond acceptors (Lipinski definition) is 8. The van der Waals surface area contributed by atoms with Crippen molar-refractivity contribution in [2.24, 2.45) is 5.92 Å². The normalized spacial score (nSPS) is 22.8. The van der Waals surface area contributed by atoms with E-state index in [1.54, 1.807) is 54.3 Å². The molecule has 11 nitrogen and oxygen atoms in total. The highest BCUT2D eigenvalue weighted by atomic mass is 28.4. The van der Waals surface area contributed by atoms with Gasteiger partial charge in [-0.3, -0.25) is 14.3 Å². The number of anilines is 2. The van der Waals surface area contributed by atoms with Crippen LogP contribution in [-0.4, -0.2) is 64.8 Å². The molecule has 2 amide bonds. The van der Waals surface area contributed by atoms with Crippen molar-refractivity contribution in [2.75, 3.05) is 24.4 Å². The third-order valence-electron chi connectivity index (χ3n) is 9.29. The van der Waals surface area contributed by atoms with Crippen LogP contribution in [0.15, 0.2) is 79.0 Å². The molecule has 6 rings (SSSR count). The van der Waals surface area contributed by atoms with Gasteiger partial charge in [0.1, 0.15) is 5.75 Å². The Bertz CT molecular complexity index is 1720. The molecule has 5 atom stereocenters. The standard InChI is InChI=1S/C34H39N5O6Si/c1-21-31(46(3,4)43)30(16-17-39-19-29(37-38-39)26(20-40)22-8-6-5-7-9-22)45-34(21)27-18-24(12-15-28(27)36-33(34)42)35-32(41)23-10-13-25(44-2)14-11-23/h5-15,18-19,21,26,30-31,40,43H,16-17,20H2,1-4H3,(H,35,41)(H,36,42)/t21-,26?,30+,31-,34+/m1/s1. The Kier molecular flexibility index (Phi) is 8.55. The molecule has 1 unspecified atom stereocenters. The van der Waals surface area contributed by atoms with Gasteiger partial charge in [-0.05, 0) is 67.5 Å². The molecule has 3 heterocycles. The predicted molar refractivity (Wildman–Crippen MR) is 175 cm³/mol. The number of aryl methyl sites for hydroxylation is 1. The monoisotopic (exact) mass is 641 g/mol. The molecule has 46 heavy (non-hydrogen) atoms. The fourth-order valence-corrected chi connectivity index (χ4v) is 9.69. The second-order valence-electron chi connectivity index (χ2n) is 12.6. The van der Waals surface area contributed by atoms with Crippen LogP contribution in [0.1, 0.15) is 46.4 Å². The van der Waals surface area contributed by atoms with E-state index >= 15 is 0 Å². The fraction of sp³-hybridized carbons (Fsp3) is 0.353. The number of carbonyl (C=O) groups excluding carboxylic acids is 2. The van der Waals surface area contributed by atoms with Crippen LogP contribution in [0.4, 0.5) is 11.4 Å². The lowest BCUT2D eigenvalue weighted by Gasteiger charge is -2.32. The summed E-state index contributed by atoms with van der Waals surface area (Å²) in [6, 6.07) is 21.8. The van der Waals surface area contributed by atoms with Crippen molar-refractivity contribution < 1.29 is 29.0 Å². The molecule has 1 spiro atoms. The van der Waals surface area contributed by atoms with Crippen LogP contribution < -0.4 is 15.4 Å². The van der Waals surface area contributed by atoms with Gasteiger partial charge in [0, 0.05) is 46.7 Å². The Morgan fingerprint density at radius 3 is 2.57 bits per heavy atom. The minimum Gasteiger partial charge on any atom is -0.497 e. The van der Waals surface area contributed by atoms with Gasteiger partial charge in [-0.2, -0.15) is 0 Å². The minimum atomic E-state index is -2.85. The highest BCUT2D eigenvalue weighted by molar-refractivity contribution is 6.71. The van der Waals surface area contributed by atoms with Crippen molar-refractivity contribution in [3.05, 3.63) is 101 Å². The number of benzene rings is 3. The van der Waals surface area contributed by atoms with Crippen LogP contribution in [0.5, 0.6) is 5.75 Å². The molecule has 0 aliphatic carbocycles. The Labute approximate surface area is 268 Å². The van der Waals surface area contributed by atoms with E-state index in [-0.39, 0.29) is 35.8 Å². The van der Waals surface area contributed by atoms with Gasteiger partial charge in [0.15, 0.2) is 13.9 Å². The number of fused-ring (bicyclic) bond motifs is 2. The Morgan fingerprint density at radius 2 is 1.89 bits per heavy atom. The first-order valence-corrected chi connectivity index (χ1v) is 18.4. The zero-order valence-corrected chi connectivity index (χ0v) is 27.3. The largest absolute Gasteiger partial charge is 0.497 e. The molecule has 12 heteroatoms. The summed E-state index contributed by atoms with van der Waals surface area (Å²) in [5.41, 5.74) is 2.26. The van der Waals surface area contributed by atoms with Gasteiger partial charge in [-0.1, -0.05) is 42.5 Å². The number of amides is 2. The highest BCUT2D eigenvalue weighted by Gasteiger charge is 2.64. The molecular weight excluding hydrogens is 602 g/mol. The van der Waals surface area contributed by atoms with Gasteiger partial charge in [0.05, 0.1) is 31.4 Å². The number of aliphatic hydroxyl groups is 1. The van der Waals surface area contributed by atoms with E-state index in [1.807, 2.05) is 56.5 Å². The van der Waals surface area contributed by atoms with Crippen molar-refractivity contribution >= 4 is 31.5 Å². The van der Waals surface area contributed by atoms with Crippen molar-refractivity contribution in [1.29, 1.82) is 0 Å². The molecule has 1 aromatic heterocycles. The van der Waals surface area contributed by atoms with Crippen LogP contribution in [0.25, 0.3) is 0 Å². The number of nitrogens with one attached hydrogen (secondary N) is 2. The fourth-order valence-electron chi connectivity index (χ4n) is 7.09. The van der Waals surface area contributed by atoms with E-state index in [0.29, 0.717) is 46.9 Å². The van der Waals surface area contributed by atoms with Crippen molar-refractivity contribution in [3.8, 4) is 5.75 Å². The summed E-state index contributed by atoms with van der Waals surface area (Å²) in [6.07, 6.45) is 1.88. The number of aromatic nitrogens is 3. The molecule has 4 aromatic rings. The maximum absolute atomic E-state index is 13.8. The van der Waals surface area contributed by atoms with Gasteiger partial charge < -0.3 is 30.0 Å². The van der Waals surface area contributed by atoms with Crippen molar-refractivity contribution in [1.82, 2.24) is 15.0 Å². The van der Waals surface area contributed by atoms with E-state index in [1.165, 1.54) is 0 Å². The highest BCUT2D eigenvalue weighted by Crippen LogP contribution is 2.58. The zero-order chi connectivity index (χ0) is 32.6. The average Bonchev–Trinajstić information content (AvgIpc) is 3.71. The number of ether oxygens (including phenoxy) is 2. The Hall–Kier alpha value is -4.36. The molecule has 4 N–H and O–H groups in total. The quantitative estimate of drug-likeness (QED) is 0.185. The second-order valence-corrected chi connectivity index (χ2v) is 16.6. The summed E-state index contributed by atoms with van der Waals surface area (Å²) < 4.78 is 13.7. The van der Waals surface area contributed by atoms with Gasteiger partial charge in [-0.15, -0.1) is 5.10 Å². The van der Waals surface area contributed by atoms with E-state index < -0.39 is 20.0 Å². The summed E-state index contributed by atoms with van der Waals surface area (Å²) in [6.45, 7) is 6.06. The van der Waals surface area contributed by atoms with Gasteiger partial charge in [-0.25, -0.2) is 0 Å². The Balaban J connectivity index is 1.24. The third-order valence-corrected chi connectivity index (χ3v) is 11.8. The summed E-state index contributed by atoms with van der Waals surface area (Å²) in [4.78, 5) is 38.3. The zero-order valence-electron chi connectivity index (χ0n) is 26.3.